The second-order valence-corrected chi connectivity index (χ2v) is 7.97. The van der Waals surface area contributed by atoms with Gasteiger partial charge in [-0.25, -0.2) is 4.39 Å². The first-order valence-corrected chi connectivity index (χ1v) is 10.4. The summed E-state index contributed by atoms with van der Waals surface area (Å²) in [5, 5.41) is 21.5. The van der Waals surface area contributed by atoms with E-state index in [9.17, 15) is 23.9 Å². The van der Waals surface area contributed by atoms with Crippen LogP contribution >= 0.6 is 0 Å². The normalized spacial score (nSPS) is 13.7. The molecular weight excluding hydrogens is 431 g/mol. The van der Waals surface area contributed by atoms with Gasteiger partial charge in [0.1, 0.15) is 23.6 Å². The number of aromatic nitrogens is 2. The molecule has 1 aromatic carbocycles. The zero-order valence-corrected chi connectivity index (χ0v) is 18.0. The Kier molecular flexibility index (Phi) is 6.10. The molecular formula is C23H23FN4O5. The molecule has 1 aliphatic rings. The first kappa shape index (κ1) is 22.4. The molecule has 33 heavy (non-hydrogen) atoms. The second kappa shape index (κ2) is 8.99. The number of amides is 2. The maximum Gasteiger partial charge on any atom is 0.267 e. The quantitative estimate of drug-likeness (QED) is 0.481. The monoisotopic (exact) mass is 454 g/mol. The lowest BCUT2D eigenvalue weighted by Crippen LogP contribution is -2.33. The first-order chi connectivity index (χ1) is 15.8. The molecule has 1 aliphatic heterocycles. The minimum atomic E-state index is -0.907. The van der Waals surface area contributed by atoms with E-state index >= 15 is 0 Å². The van der Waals surface area contributed by atoms with E-state index in [1.54, 1.807) is 17.0 Å². The number of carbonyl (C=O) groups excluding carboxylic acids is 2. The summed E-state index contributed by atoms with van der Waals surface area (Å²) >= 11 is 0. The first-order valence-electron chi connectivity index (χ1n) is 10.4. The van der Waals surface area contributed by atoms with Crippen LogP contribution in [0.5, 0.6) is 5.75 Å². The summed E-state index contributed by atoms with van der Waals surface area (Å²) < 4.78 is 15.1. The highest BCUT2D eigenvalue weighted by molar-refractivity contribution is 6.01. The third-order valence-electron chi connectivity index (χ3n) is 5.83. The lowest BCUT2D eigenvalue weighted by molar-refractivity contribution is -0.128. The maximum atomic E-state index is 13.9. The number of benzene rings is 1. The highest BCUT2D eigenvalue weighted by Crippen LogP contribution is 2.26. The Morgan fingerprint density at radius 2 is 2.03 bits per heavy atom. The van der Waals surface area contributed by atoms with Gasteiger partial charge in [-0.3, -0.25) is 19.4 Å². The second-order valence-electron chi connectivity index (χ2n) is 7.97. The van der Waals surface area contributed by atoms with E-state index in [1.165, 1.54) is 29.9 Å². The number of aryl methyl sites for hydroxylation is 1. The predicted octanol–water partition coefficient (Wildman–Crippen LogP) is 1.17. The Labute approximate surface area is 188 Å². The number of hydrogen-bond acceptors (Lipinski definition) is 6. The third-order valence-corrected chi connectivity index (χ3v) is 5.83. The van der Waals surface area contributed by atoms with Gasteiger partial charge in [-0.1, -0.05) is 6.07 Å². The molecule has 4 rings (SSSR count). The van der Waals surface area contributed by atoms with E-state index in [0.717, 1.165) is 12.0 Å². The molecule has 3 aromatic rings. The van der Waals surface area contributed by atoms with E-state index in [4.69, 9.17) is 5.11 Å². The zero-order chi connectivity index (χ0) is 23.7. The molecule has 0 saturated carbocycles. The molecule has 1 saturated heterocycles. The number of aromatic hydroxyl groups is 1. The van der Waals surface area contributed by atoms with Gasteiger partial charge in [-0.15, -0.1) is 0 Å². The van der Waals surface area contributed by atoms with Gasteiger partial charge in [0.15, 0.2) is 5.75 Å². The van der Waals surface area contributed by atoms with Gasteiger partial charge in [-0.2, -0.15) is 0 Å². The molecule has 3 heterocycles. The molecule has 9 nitrogen and oxygen atoms in total. The fourth-order valence-corrected chi connectivity index (χ4v) is 4.10. The fourth-order valence-electron chi connectivity index (χ4n) is 4.10. The van der Waals surface area contributed by atoms with Crippen LogP contribution in [0.15, 0.2) is 35.3 Å². The Morgan fingerprint density at radius 1 is 1.24 bits per heavy atom. The van der Waals surface area contributed by atoms with Crippen LogP contribution in [0.4, 0.5) is 4.39 Å². The summed E-state index contributed by atoms with van der Waals surface area (Å²) in [4.78, 5) is 42.7. The lowest BCUT2D eigenvalue weighted by Gasteiger charge is -2.18. The van der Waals surface area contributed by atoms with Crippen LogP contribution in [-0.4, -0.2) is 49.8 Å². The summed E-state index contributed by atoms with van der Waals surface area (Å²) in [6, 6.07) is 6.11. The number of aliphatic hydroxyl groups is 1. The summed E-state index contributed by atoms with van der Waals surface area (Å²) in [5.74, 6) is -1.82. The van der Waals surface area contributed by atoms with E-state index in [2.05, 4.69) is 10.3 Å². The number of pyridine rings is 2. The van der Waals surface area contributed by atoms with Crippen molar-refractivity contribution in [3.8, 4) is 5.75 Å². The lowest BCUT2D eigenvalue weighted by atomic mass is 9.99. The van der Waals surface area contributed by atoms with Crippen molar-refractivity contribution in [2.75, 3.05) is 13.3 Å². The number of nitrogens with one attached hydrogen (secondary N) is 1. The molecule has 3 N–H and O–H groups in total. The standard InChI is InChI=1S/C23H23FN4O5/c1-27-17-8-13(10-25-20(17)21(31)19(23(27)33)22(32)26-12-29)7-14-4-5-16(24)9-15(14)11-28-6-2-3-18(28)30/h4-5,8-10,29,31H,2-3,6-7,11-12H2,1H3,(H,26,32). The van der Waals surface area contributed by atoms with Gasteiger partial charge >= 0.3 is 0 Å². The van der Waals surface area contributed by atoms with Crippen molar-refractivity contribution >= 4 is 22.8 Å². The smallest absolute Gasteiger partial charge is 0.267 e. The van der Waals surface area contributed by atoms with Gasteiger partial charge < -0.3 is 25.0 Å². The molecule has 0 radical (unpaired) electrons. The van der Waals surface area contributed by atoms with Crippen molar-refractivity contribution in [1.82, 2.24) is 19.8 Å². The third kappa shape index (κ3) is 4.29. The summed E-state index contributed by atoms with van der Waals surface area (Å²) in [6.07, 6.45) is 3.15. The van der Waals surface area contributed by atoms with E-state index in [1.807, 2.05) is 0 Å². The molecule has 0 aliphatic carbocycles. The van der Waals surface area contributed by atoms with E-state index in [-0.39, 0.29) is 11.4 Å². The van der Waals surface area contributed by atoms with Crippen molar-refractivity contribution in [1.29, 1.82) is 0 Å². The Morgan fingerprint density at radius 3 is 2.73 bits per heavy atom. The Hall–Kier alpha value is -3.79. The number of aliphatic hydroxyl groups excluding tert-OH is 1. The van der Waals surface area contributed by atoms with Gasteiger partial charge in [0, 0.05) is 32.8 Å². The van der Waals surface area contributed by atoms with Crippen molar-refractivity contribution in [2.24, 2.45) is 7.05 Å². The summed E-state index contributed by atoms with van der Waals surface area (Å²) in [5.41, 5.74) is 1.34. The molecule has 172 valence electrons. The minimum absolute atomic E-state index is 0.0455. The average molecular weight is 454 g/mol. The van der Waals surface area contributed by atoms with Crippen LogP contribution in [0, 0.1) is 5.82 Å². The molecule has 0 unspecified atom stereocenters. The summed E-state index contributed by atoms with van der Waals surface area (Å²) in [7, 11) is 1.45. The average Bonchev–Trinajstić information content (AvgIpc) is 3.18. The van der Waals surface area contributed by atoms with E-state index < -0.39 is 35.3 Å². The maximum absolute atomic E-state index is 13.9. The number of nitrogens with zero attached hydrogens (tertiary/aromatic N) is 3. The molecule has 0 spiro atoms. The number of carbonyl (C=O) groups is 2. The van der Waals surface area contributed by atoms with Crippen molar-refractivity contribution in [3.63, 3.8) is 0 Å². The van der Waals surface area contributed by atoms with Crippen LogP contribution in [0.25, 0.3) is 11.0 Å². The molecule has 2 amide bonds. The number of halogens is 1. The highest BCUT2D eigenvalue weighted by atomic mass is 19.1. The predicted molar refractivity (Wildman–Crippen MR) is 117 cm³/mol. The van der Waals surface area contributed by atoms with Crippen LogP contribution in [0.1, 0.15) is 39.9 Å². The SMILES string of the molecule is Cn1c(=O)c(C(=O)NCO)c(O)c2ncc(Cc3ccc(F)cc3CN3CCCC3=O)cc21. The Bertz CT molecular complexity index is 1320. The van der Waals surface area contributed by atoms with Crippen LogP contribution in [-0.2, 0) is 24.8 Å². The topological polar surface area (TPSA) is 125 Å². The number of likely N-dealkylation sites (tertiary alicyclic amines) is 1. The van der Waals surface area contributed by atoms with Crippen molar-refractivity contribution in [3.05, 3.63) is 68.9 Å². The molecule has 0 bridgehead atoms. The number of hydrogen-bond donors (Lipinski definition) is 3. The molecule has 10 heteroatoms. The molecule has 2 aromatic heterocycles. The zero-order valence-electron chi connectivity index (χ0n) is 18.0. The van der Waals surface area contributed by atoms with Gasteiger partial charge in [0.25, 0.3) is 11.5 Å². The molecule has 1 fully saturated rings. The number of fused-ring (bicyclic) bond motifs is 1. The van der Waals surface area contributed by atoms with Gasteiger partial charge in [0.2, 0.25) is 5.91 Å². The Balaban J connectivity index is 1.71. The highest BCUT2D eigenvalue weighted by Gasteiger charge is 2.23. The van der Waals surface area contributed by atoms with E-state index in [0.29, 0.717) is 42.6 Å². The largest absolute Gasteiger partial charge is 0.505 e. The van der Waals surface area contributed by atoms with Crippen LogP contribution in [0.2, 0.25) is 0 Å². The fraction of sp³-hybridized carbons (Fsp3) is 0.304. The van der Waals surface area contributed by atoms with Crippen LogP contribution in [0.3, 0.4) is 0 Å². The van der Waals surface area contributed by atoms with Gasteiger partial charge in [-0.05, 0) is 47.7 Å². The number of rotatable bonds is 6. The van der Waals surface area contributed by atoms with Crippen molar-refractivity contribution in [2.45, 2.75) is 25.8 Å². The van der Waals surface area contributed by atoms with Crippen molar-refractivity contribution < 1.29 is 24.2 Å². The van der Waals surface area contributed by atoms with Crippen LogP contribution < -0.4 is 10.9 Å². The van der Waals surface area contributed by atoms with Gasteiger partial charge in [0.05, 0.1) is 5.52 Å². The minimum Gasteiger partial charge on any atom is -0.505 e. The summed E-state index contributed by atoms with van der Waals surface area (Å²) in [6.45, 7) is 0.268. The molecule has 0 atom stereocenters.